The lowest BCUT2D eigenvalue weighted by Gasteiger charge is -2.19. The molecule has 0 spiro atoms. The van der Waals surface area contributed by atoms with Gasteiger partial charge in [-0.3, -0.25) is 9.59 Å². The maximum atomic E-state index is 12.4. The number of Topliss-reactive ketones (excluding diaryl/α,β-unsaturated/α-hetero) is 2. The molecule has 0 aromatic heterocycles. The highest BCUT2D eigenvalue weighted by atomic mass is 16.5. The van der Waals surface area contributed by atoms with Crippen molar-refractivity contribution in [1.82, 2.24) is 0 Å². The van der Waals surface area contributed by atoms with Gasteiger partial charge in [-0.15, -0.1) is 0 Å². The summed E-state index contributed by atoms with van der Waals surface area (Å²) in [6, 6.07) is 0. The summed E-state index contributed by atoms with van der Waals surface area (Å²) in [6.07, 6.45) is 3.10. The first-order valence-corrected chi connectivity index (χ1v) is 6.95. The number of ether oxygens (including phenoxy) is 2. The Kier molecular flexibility index (Phi) is 6.10. The Morgan fingerprint density at radius 3 is 2.14 bits per heavy atom. The molecule has 0 radical (unpaired) electrons. The molecule has 22 heavy (non-hydrogen) atoms. The van der Waals surface area contributed by atoms with E-state index in [-0.39, 0.29) is 28.2 Å². The van der Waals surface area contributed by atoms with E-state index in [4.69, 9.17) is 9.47 Å². The second-order valence-electron chi connectivity index (χ2n) is 4.84. The van der Waals surface area contributed by atoms with Crippen LogP contribution >= 0.6 is 0 Å². The van der Waals surface area contributed by atoms with E-state index in [1.807, 2.05) is 6.92 Å². The molecule has 0 aromatic rings. The minimum atomic E-state index is -1.10. The number of carboxylic acid groups (broad SMARTS) is 1. The van der Waals surface area contributed by atoms with Gasteiger partial charge in [0.2, 0.25) is 23.1 Å². The molecule has 120 valence electrons. The lowest BCUT2D eigenvalue weighted by molar-refractivity contribution is -0.132. The molecule has 6 nitrogen and oxygen atoms in total. The predicted octanol–water partition coefficient (Wildman–Crippen LogP) is 2.16. The SMILES string of the molecule is CCCCC(=CC1=C(C)C(=O)C(OC)=C(OC)C1=O)C(=O)O. The van der Waals surface area contributed by atoms with Gasteiger partial charge in [0, 0.05) is 16.7 Å². The molecule has 1 aliphatic carbocycles. The lowest BCUT2D eigenvalue weighted by Crippen LogP contribution is -2.24. The van der Waals surface area contributed by atoms with Crippen LogP contribution in [-0.2, 0) is 23.9 Å². The molecular weight excluding hydrogens is 288 g/mol. The number of ketones is 2. The Balaban J connectivity index is 3.34. The number of carbonyl (C=O) groups is 3. The summed E-state index contributed by atoms with van der Waals surface area (Å²) in [4.78, 5) is 35.9. The third-order valence-corrected chi connectivity index (χ3v) is 3.41. The van der Waals surface area contributed by atoms with Crippen molar-refractivity contribution in [1.29, 1.82) is 0 Å². The average Bonchev–Trinajstić information content (AvgIpc) is 2.49. The third kappa shape index (κ3) is 3.44. The van der Waals surface area contributed by atoms with Crippen molar-refractivity contribution in [2.45, 2.75) is 33.1 Å². The van der Waals surface area contributed by atoms with E-state index in [0.29, 0.717) is 12.8 Å². The maximum absolute atomic E-state index is 12.4. The van der Waals surface area contributed by atoms with Gasteiger partial charge in [-0.25, -0.2) is 4.79 Å². The standard InChI is InChI=1S/C16H20O6/c1-5-6-7-10(16(19)20)8-11-9(2)12(17)14(21-3)15(22-4)13(11)18/h8H,5-7H2,1-4H3,(H,19,20). The number of methoxy groups -OCH3 is 2. The van der Waals surface area contributed by atoms with Crippen molar-refractivity contribution in [3.05, 3.63) is 34.3 Å². The minimum absolute atomic E-state index is 0.0381. The zero-order valence-electron chi connectivity index (χ0n) is 13.2. The molecule has 0 unspecified atom stereocenters. The van der Waals surface area contributed by atoms with Crippen LogP contribution in [0.2, 0.25) is 0 Å². The summed E-state index contributed by atoms with van der Waals surface area (Å²) in [5, 5.41) is 9.24. The largest absolute Gasteiger partial charge is 0.489 e. The third-order valence-electron chi connectivity index (χ3n) is 3.41. The number of carbonyl (C=O) groups excluding carboxylic acids is 2. The normalized spacial score (nSPS) is 16.3. The molecule has 0 aromatic carbocycles. The molecule has 0 fully saturated rings. The number of hydrogen-bond acceptors (Lipinski definition) is 5. The van der Waals surface area contributed by atoms with E-state index in [1.54, 1.807) is 0 Å². The number of carboxylic acids is 1. The van der Waals surface area contributed by atoms with E-state index in [0.717, 1.165) is 6.42 Å². The van der Waals surface area contributed by atoms with E-state index in [2.05, 4.69) is 0 Å². The summed E-state index contributed by atoms with van der Waals surface area (Å²) in [7, 11) is 2.54. The molecule has 6 heteroatoms. The second kappa shape index (κ2) is 7.59. The fourth-order valence-corrected chi connectivity index (χ4v) is 2.12. The average molecular weight is 308 g/mol. The van der Waals surface area contributed by atoms with Gasteiger partial charge < -0.3 is 14.6 Å². The topological polar surface area (TPSA) is 89.9 Å². The van der Waals surface area contributed by atoms with Crippen LogP contribution in [0, 0.1) is 0 Å². The van der Waals surface area contributed by atoms with Crippen LogP contribution in [0.25, 0.3) is 0 Å². The molecule has 0 aliphatic heterocycles. The van der Waals surface area contributed by atoms with Gasteiger partial charge >= 0.3 is 5.97 Å². The van der Waals surface area contributed by atoms with Crippen LogP contribution in [0.1, 0.15) is 33.1 Å². The zero-order chi connectivity index (χ0) is 16.9. The zero-order valence-corrected chi connectivity index (χ0v) is 13.2. The van der Waals surface area contributed by atoms with Crippen molar-refractivity contribution < 1.29 is 29.0 Å². The van der Waals surface area contributed by atoms with Crippen LogP contribution in [0.15, 0.2) is 34.3 Å². The Hall–Kier alpha value is -2.37. The Labute approximate surface area is 129 Å². The molecule has 0 saturated heterocycles. The summed E-state index contributed by atoms with van der Waals surface area (Å²) < 4.78 is 9.88. The number of aliphatic carboxylic acids is 1. The molecule has 0 atom stereocenters. The summed E-state index contributed by atoms with van der Waals surface area (Å²) in [5.74, 6) is -2.50. The predicted molar refractivity (Wildman–Crippen MR) is 79.0 cm³/mol. The highest BCUT2D eigenvalue weighted by molar-refractivity contribution is 6.24. The molecule has 1 N–H and O–H groups in total. The van der Waals surface area contributed by atoms with Gasteiger partial charge in [0.15, 0.2) is 0 Å². The number of allylic oxidation sites excluding steroid dienone is 3. The van der Waals surface area contributed by atoms with Gasteiger partial charge in [-0.05, 0) is 25.8 Å². The summed E-state index contributed by atoms with van der Waals surface area (Å²) >= 11 is 0. The van der Waals surface area contributed by atoms with E-state index in [1.165, 1.54) is 27.2 Å². The number of unbranched alkanes of at least 4 members (excludes halogenated alkanes) is 1. The molecule has 1 aliphatic rings. The van der Waals surface area contributed by atoms with Crippen molar-refractivity contribution in [3.8, 4) is 0 Å². The molecular formula is C16H20O6. The van der Waals surface area contributed by atoms with Crippen molar-refractivity contribution in [3.63, 3.8) is 0 Å². The van der Waals surface area contributed by atoms with Crippen LogP contribution in [-0.4, -0.2) is 36.9 Å². The van der Waals surface area contributed by atoms with Crippen LogP contribution < -0.4 is 0 Å². The minimum Gasteiger partial charge on any atom is -0.489 e. The summed E-state index contributed by atoms with van der Waals surface area (Å²) in [5.41, 5.74) is 0.280. The first kappa shape index (κ1) is 17.7. The molecule has 1 rings (SSSR count). The Bertz CT molecular complexity index is 592. The highest BCUT2D eigenvalue weighted by Gasteiger charge is 2.34. The smallest absolute Gasteiger partial charge is 0.331 e. The van der Waals surface area contributed by atoms with E-state index < -0.39 is 17.5 Å². The fourth-order valence-electron chi connectivity index (χ4n) is 2.12. The summed E-state index contributed by atoms with van der Waals surface area (Å²) in [6.45, 7) is 3.41. The Morgan fingerprint density at radius 2 is 1.68 bits per heavy atom. The van der Waals surface area contributed by atoms with Crippen LogP contribution in [0.3, 0.4) is 0 Å². The first-order chi connectivity index (χ1) is 10.4. The van der Waals surface area contributed by atoms with Crippen molar-refractivity contribution >= 4 is 17.5 Å². The first-order valence-electron chi connectivity index (χ1n) is 6.95. The molecule has 0 saturated carbocycles. The van der Waals surface area contributed by atoms with Gasteiger partial charge in [0.25, 0.3) is 0 Å². The highest BCUT2D eigenvalue weighted by Crippen LogP contribution is 2.27. The van der Waals surface area contributed by atoms with Crippen molar-refractivity contribution in [2.75, 3.05) is 14.2 Å². The van der Waals surface area contributed by atoms with Crippen LogP contribution in [0.4, 0.5) is 0 Å². The molecule has 0 bridgehead atoms. The lowest BCUT2D eigenvalue weighted by atomic mass is 9.91. The quantitative estimate of drug-likeness (QED) is 0.572. The van der Waals surface area contributed by atoms with E-state index >= 15 is 0 Å². The monoisotopic (exact) mass is 308 g/mol. The van der Waals surface area contributed by atoms with Gasteiger partial charge in [0.05, 0.1) is 14.2 Å². The molecule has 0 heterocycles. The second-order valence-corrected chi connectivity index (χ2v) is 4.84. The number of hydrogen-bond donors (Lipinski definition) is 1. The van der Waals surface area contributed by atoms with E-state index in [9.17, 15) is 19.5 Å². The fraction of sp³-hybridized carbons (Fsp3) is 0.438. The van der Waals surface area contributed by atoms with Gasteiger partial charge in [-0.2, -0.15) is 0 Å². The Morgan fingerprint density at radius 1 is 1.14 bits per heavy atom. The number of rotatable bonds is 7. The maximum Gasteiger partial charge on any atom is 0.331 e. The van der Waals surface area contributed by atoms with Gasteiger partial charge in [0.1, 0.15) is 0 Å². The van der Waals surface area contributed by atoms with Crippen LogP contribution in [0.5, 0.6) is 0 Å². The molecule has 0 amide bonds. The van der Waals surface area contributed by atoms with Gasteiger partial charge in [-0.1, -0.05) is 13.3 Å². The van der Waals surface area contributed by atoms with Crippen molar-refractivity contribution in [2.24, 2.45) is 0 Å².